The molecule has 0 aromatic carbocycles. The average Bonchev–Trinajstić information content (AvgIpc) is 2.31. The molecule has 0 unspecified atom stereocenters. The van der Waals surface area contributed by atoms with Gasteiger partial charge in [0, 0.05) is 32.2 Å². The van der Waals surface area contributed by atoms with E-state index in [0.717, 1.165) is 26.2 Å². The van der Waals surface area contributed by atoms with Crippen LogP contribution in [0.2, 0.25) is 0 Å². The van der Waals surface area contributed by atoms with E-state index in [2.05, 4.69) is 18.7 Å². The van der Waals surface area contributed by atoms with Gasteiger partial charge < -0.3 is 10.0 Å². The van der Waals surface area contributed by atoms with Gasteiger partial charge in [-0.3, -0.25) is 9.69 Å². The maximum Gasteiger partial charge on any atom is 0.248 e. The second-order valence-electron chi connectivity index (χ2n) is 3.67. The molecular weight excluding hydrogens is 192 g/mol. The maximum absolute atomic E-state index is 11.1. The highest BCUT2D eigenvalue weighted by atomic mass is 16.3. The highest BCUT2D eigenvalue weighted by molar-refractivity contribution is 5.77. The van der Waals surface area contributed by atoms with Gasteiger partial charge in [0.1, 0.15) is 6.61 Å². The molecule has 0 aromatic heterocycles. The number of piperazine rings is 1. The van der Waals surface area contributed by atoms with Gasteiger partial charge in [0.25, 0.3) is 0 Å². The van der Waals surface area contributed by atoms with Crippen molar-refractivity contribution >= 4 is 5.91 Å². The van der Waals surface area contributed by atoms with Crippen molar-refractivity contribution in [2.45, 2.75) is 33.7 Å². The lowest BCUT2D eigenvalue weighted by Crippen LogP contribution is -2.51. The van der Waals surface area contributed by atoms with Crippen LogP contribution in [0.3, 0.4) is 0 Å². The van der Waals surface area contributed by atoms with Crippen molar-refractivity contribution in [2.75, 3.05) is 32.8 Å². The van der Waals surface area contributed by atoms with E-state index in [4.69, 9.17) is 5.11 Å². The van der Waals surface area contributed by atoms with Crippen LogP contribution in [0.5, 0.6) is 0 Å². The highest BCUT2D eigenvalue weighted by Gasteiger charge is 2.21. The molecule has 4 nitrogen and oxygen atoms in total. The molecule has 0 spiro atoms. The number of carbonyl (C=O) groups excluding carboxylic acids is 1. The van der Waals surface area contributed by atoms with Crippen molar-refractivity contribution in [3.05, 3.63) is 0 Å². The number of hydrogen-bond acceptors (Lipinski definition) is 3. The lowest BCUT2D eigenvalue weighted by molar-refractivity contribution is -0.136. The number of aliphatic hydroxyl groups is 1. The first-order valence-corrected chi connectivity index (χ1v) is 5.78. The number of carbonyl (C=O) groups is 1. The molecule has 1 fully saturated rings. The van der Waals surface area contributed by atoms with Gasteiger partial charge in [-0.15, -0.1) is 0 Å². The van der Waals surface area contributed by atoms with Gasteiger partial charge >= 0.3 is 0 Å². The van der Waals surface area contributed by atoms with Crippen molar-refractivity contribution in [3.63, 3.8) is 0 Å². The predicted molar refractivity (Wildman–Crippen MR) is 61.7 cm³/mol. The van der Waals surface area contributed by atoms with Crippen molar-refractivity contribution in [2.24, 2.45) is 0 Å². The van der Waals surface area contributed by atoms with Gasteiger partial charge in [0.05, 0.1) is 0 Å². The standard InChI is InChI=1S/C9H18N2O2.C2H6/c1-8(2)10-3-5-11(6-4-10)9(13)7-12;1-2/h8,12H,3-7H2,1-2H3;1-2H3. The number of amides is 1. The van der Waals surface area contributed by atoms with Crippen LogP contribution in [0.1, 0.15) is 27.7 Å². The number of rotatable bonds is 2. The first-order chi connectivity index (χ1) is 7.15. The quantitative estimate of drug-likeness (QED) is 0.733. The molecular formula is C11H24N2O2. The van der Waals surface area contributed by atoms with E-state index in [1.165, 1.54) is 0 Å². The molecule has 0 saturated carbocycles. The summed E-state index contributed by atoms with van der Waals surface area (Å²) in [5.41, 5.74) is 0. The van der Waals surface area contributed by atoms with Crippen molar-refractivity contribution in [1.29, 1.82) is 0 Å². The number of nitrogens with zero attached hydrogens (tertiary/aromatic N) is 2. The van der Waals surface area contributed by atoms with Crippen LogP contribution in [0.4, 0.5) is 0 Å². The minimum atomic E-state index is -0.359. The molecule has 0 aromatic rings. The van der Waals surface area contributed by atoms with Crippen LogP contribution in [-0.4, -0.2) is 59.6 Å². The second kappa shape index (κ2) is 7.65. The first-order valence-electron chi connectivity index (χ1n) is 5.78. The van der Waals surface area contributed by atoms with Gasteiger partial charge in [-0.2, -0.15) is 0 Å². The number of aliphatic hydroxyl groups excluding tert-OH is 1. The fourth-order valence-corrected chi connectivity index (χ4v) is 1.59. The Kier molecular flexibility index (Phi) is 7.34. The topological polar surface area (TPSA) is 43.8 Å². The molecule has 4 heteroatoms. The van der Waals surface area contributed by atoms with Gasteiger partial charge in [-0.25, -0.2) is 0 Å². The summed E-state index contributed by atoms with van der Waals surface area (Å²) >= 11 is 0. The van der Waals surface area contributed by atoms with E-state index >= 15 is 0 Å². The molecule has 0 atom stereocenters. The Morgan fingerprint density at radius 2 is 1.67 bits per heavy atom. The van der Waals surface area contributed by atoms with E-state index < -0.39 is 0 Å². The van der Waals surface area contributed by atoms with Gasteiger partial charge in [0.15, 0.2) is 0 Å². The molecule has 90 valence electrons. The van der Waals surface area contributed by atoms with Crippen molar-refractivity contribution in [3.8, 4) is 0 Å². The molecule has 1 rings (SSSR count). The minimum absolute atomic E-state index is 0.150. The van der Waals surface area contributed by atoms with Crippen LogP contribution < -0.4 is 0 Å². The summed E-state index contributed by atoms with van der Waals surface area (Å²) < 4.78 is 0. The van der Waals surface area contributed by atoms with Crippen LogP contribution in [0.15, 0.2) is 0 Å². The highest BCUT2D eigenvalue weighted by Crippen LogP contribution is 2.05. The lowest BCUT2D eigenvalue weighted by Gasteiger charge is -2.36. The Balaban J connectivity index is 0.000000921. The Morgan fingerprint density at radius 1 is 1.20 bits per heavy atom. The van der Waals surface area contributed by atoms with Crippen LogP contribution in [0.25, 0.3) is 0 Å². The van der Waals surface area contributed by atoms with Crippen molar-refractivity contribution < 1.29 is 9.90 Å². The SMILES string of the molecule is CC.CC(C)N1CCN(C(=O)CO)CC1. The summed E-state index contributed by atoms with van der Waals surface area (Å²) in [6, 6.07) is 0.548. The van der Waals surface area contributed by atoms with E-state index in [1.807, 2.05) is 13.8 Å². The van der Waals surface area contributed by atoms with E-state index in [-0.39, 0.29) is 12.5 Å². The Hall–Kier alpha value is -0.610. The maximum atomic E-state index is 11.1. The Labute approximate surface area is 92.9 Å². The predicted octanol–water partition coefficient (Wildman–Crippen LogP) is 0.557. The Morgan fingerprint density at radius 3 is 2.00 bits per heavy atom. The number of hydrogen-bond donors (Lipinski definition) is 1. The molecule has 1 aliphatic rings. The third-order valence-corrected chi connectivity index (χ3v) is 2.53. The van der Waals surface area contributed by atoms with E-state index in [9.17, 15) is 4.79 Å². The monoisotopic (exact) mass is 216 g/mol. The van der Waals surface area contributed by atoms with Gasteiger partial charge in [0.2, 0.25) is 5.91 Å². The summed E-state index contributed by atoms with van der Waals surface area (Å²) in [7, 11) is 0. The summed E-state index contributed by atoms with van der Waals surface area (Å²) in [6.45, 7) is 11.3. The lowest BCUT2D eigenvalue weighted by atomic mass is 10.2. The third-order valence-electron chi connectivity index (χ3n) is 2.53. The normalized spacial score (nSPS) is 17.3. The minimum Gasteiger partial charge on any atom is -0.387 e. The zero-order valence-electron chi connectivity index (χ0n) is 10.4. The molecule has 1 N–H and O–H groups in total. The third kappa shape index (κ3) is 4.62. The van der Waals surface area contributed by atoms with Crippen molar-refractivity contribution in [1.82, 2.24) is 9.80 Å². The van der Waals surface area contributed by atoms with Crippen LogP contribution in [-0.2, 0) is 4.79 Å². The van der Waals surface area contributed by atoms with Crippen LogP contribution >= 0.6 is 0 Å². The first kappa shape index (κ1) is 14.4. The molecule has 1 saturated heterocycles. The zero-order chi connectivity index (χ0) is 11.8. The largest absolute Gasteiger partial charge is 0.387 e. The van der Waals surface area contributed by atoms with Gasteiger partial charge in [-0.1, -0.05) is 13.8 Å². The molecule has 0 bridgehead atoms. The zero-order valence-corrected chi connectivity index (χ0v) is 10.4. The average molecular weight is 216 g/mol. The molecule has 0 radical (unpaired) electrons. The fraction of sp³-hybridized carbons (Fsp3) is 0.909. The molecule has 1 amide bonds. The molecule has 1 heterocycles. The summed E-state index contributed by atoms with van der Waals surface area (Å²) in [4.78, 5) is 15.2. The molecule has 1 aliphatic heterocycles. The van der Waals surface area contributed by atoms with Crippen LogP contribution in [0, 0.1) is 0 Å². The molecule has 0 aliphatic carbocycles. The fourth-order valence-electron chi connectivity index (χ4n) is 1.59. The van der Waals surface area contributed by atoms with E-state index in [1.54, 1.807) is 4.90 Å². The summed E-state index contributed by atoms with van der Waals surface area (Å²) in [6.07, 6.45) is 0. The van der Waals surface area contributed by atoms with E-state index in [0.29, 0.717) is 6.04 Å². The second-order valence-corrected chi connectivity index (χ2v) is 3.67. The summed E-state index contributed by atoms with van der Waals surface area (Å²) in [5, 5.41) is 8.66. The van der Waals surface area contributed by atoms with Gasteiger partial charge in [-0.05, 0) is 13.8 Å². The molecule has 15 heavy (non-hydrogen) atoms. The smallest absolute Gasteiger partial charge is 0.248 e. The Bertz CT molecular complexity index is 175. The summed E-state index contributed by atoms with van der Waals surface area (Å²) in [5.74, 6) is -0.150.